The molecule has 176 valence electrons. The SMILES string of the molecule is C/C(=C\[C@H](C(C)C)N(C)C(=O)CNC=O)C(=O)N1CCC[C@H]1C(=O)NCCOCCO. The highest BCUT2D eigenvalue weighted by Gasteiger charge is 2.34. The lowest BCUT2D eigenvalue weighted by Gasteiger charge is -2.30. The van der Waals surface area contributed by atoms with E-state index in [2.05, 4.69) is 10.6 Å². The van der Waals surface area contributed by atoms with Gasteiger partial charge in [0.2, 0.25) is 24.1 Å². The molecule has 0 saturated carbocycles. The molecule has 4 amide bonds. The fourth-order valence-corrected chi connectivity index (χ4v) is 3.54. The van der Waals surface area contributed by atoms with Crippen molar-refractivity contribution in [3.8, 4) is 0 Å². The van der Waals surface area contributed by atoms with Crippen molar-refractivity contribution >= 4 is 24.1 Å². The predicted octanol–water partition coefficient (Wildman–Crippen LogP) is -0.722. The first-order valence-electron chi connectivity index (χ1n) is 10.6. The number of hydrogen-bond donors (Lipinski definition) is 3. The van der Waals surface area contributed by atoms with Gasteiger partial charge in [0, 0.05) is 25.7 Å². The van der Waals surface area contributed by atoms with E-state index in [1.54, 1.807) is 24.9 Å². The van der Waals surface area contributed by atoms with Crippen molar-refractivity contribution < 1.29 is 29.0 Å². The van der Waals surface area contributed by atoms with Crippen LogP contribution in [0.25, 0.3) is 0 Å². The third-order valence-corrected chi connectivity index (χ3v) is 5.22. The van der Waals surface area contributed by atoms with Gasteiger partial charge in [-0.15, -0.1) is 0 Å². The van der Waals surface area contributed by atoms with E-state index in [0.717, 1.165) is 6.42 Å². The highest BCUT2D eigenvalue weighted by Crippen LogP contribution is 2.21. The van der Waals surface area contributed by atoms with Crippen LogP contribution >= 0.6 is 0 Å². The van der Waals surface area contributed by atoms with Crippen molar-refractivity contribution in [3.05, 3.63) is 11.6 Å². The molecule has 0 aromatic carbocycles. The Morgan fingerprint density at radius 1 is 1.29 bits per heavy atom. The molecule has 3 N–H and O–H groups in total. The lowest BCUT2D eigenvalue weighted by molar-refractivity contribution is -0.136. The molecule has 0 radical (unpaired) electrons. The molecule has 1 rings (SSSR count). The molecule has 0 aromatic rings. The summed E-state index contributed by atoms with van der Waals surface area (Å²) in [6, 6.07) is -0.870. The lowest BCUT2D eigenvalue weighted by Crippen LogP contribution is -2.47. The van der Waals surface area contributed by atoms with Gasteiger partial charge < -0.3 is 30.3 Å². The number of amides is 4. The van der Waals surface area contributed by atoms with E-state index in [9.17, 15) is 19.2 Å². The highest BCUT2D eigenvalue weighted by atomic mass is 16.5. The average molecular weight is 441 g/mol. The first-order chi connectivity index (χ1) is 14.7. The van der Waals surface area contributed by atoms with Crippen LogP contribution in [0.15, 0.2) is 11.6 Å². The minimum absolute atomic E-state index is 0.0459. The Kier molecular flexibility index (Phi) is 11.8. The molecule has 1 heterocycles. The zero-order valence-electron chi connectivity index (χ0n) is 18.9. The Morgan fingerprint density at radius 3 is 2.61 bits per heavy atom. The maximum absolute atomic E-state index is 13.1. The molecule has 2 atom stereocenters. The zero-order valence-corrected chi connectivity index (χ0v) is 18.9. The van der Waals surface area contributed by atoms with E-state index in [1.807, 2.05) is 13.8 Å². The Morgan fingerprint density at radius 2 is 2.00 bits per heavy atom. The summed E-state index contributed by atoms with van der Waals surface area (Å²) < 4.78 is 5.13. The summed E-state index contributed by atoms with van der Waals surface area (Å²) >= 11 is 0. The summed E-state index contributed by atoms with van der Waals surface area (Å²) in [7, 11) is 1.64. The fourth-order valence-electron chi connectivity index (χ4n) is 3.54. The number of rotatable bonds is 13. The van der Waals surface area contributed by atoms with Crippen LogP contribution in [0.2, 0.25) is 0 Å². The van der Waals surface area contributed by atoms with Crippen LogP contribution in [0.5, 0.6) is 0 Å². The molecule has 0 unspecified atom stereocenters. The molecule has 0 aliphatic carbocycles. The van der Waals surface area contributed by atoms with Crippen molar-refractivity contribution in [2.45, 2.75) is 45.7 Å². The summed E-state index contributed by atoms with van der Waals surface area (Å²) in [5.41, 5.74) is 0.465. The van der Waals surface area contributed by atoms with E-state index in [0.29, 0.717) is 38.1 Å². The van der Waals surface area contributed by atoms with Crippen LogP contribution in [0.3, 0.4) is 0 Å². The molecule has 0 spiro atoms. The molecule has 1 aliphatic rings. The second-order valence-corrected chi connectivity index (χ2v) is 7.87. The molecule has 0 aromatic heterocycles. The molecule has 31 heavy (non-hydrogen) atoms. The Labute approximate surface area is 184 Å². The standard InChI is InChI=1S/C21H36N4O6/c1-15(2)18(24(4)19(28)13-22-14-27)12-16(3)21(30)25-8-5-6-17(25)20(29)23-7-10-31-11-9-26/h12,14-15,17-18,26H,5-11,13H2,1-4H3,(H,22,27)(H,23,29)/b16-12+/t17-,18+/m0/s1. The van der Waals surface area contributed by atoms with Crippen molar-refractivity contribution in [2.75, 3.05) is 46.5 Å². The van der Waals surface area contributed by atoms with E-state index in [-0.39, 0.29) is 49.4 Å². The molecule has 10 heteroatoms. The van der Waals surface area contributed by atoms with Crippen LogP contribution in [-0.4, -0.2) is 97.6 Å². The first kappa shape index (κ1) is 26.6. The topological polar surface area (TPSA) is 128 Å². The molecule has 1 aliphatic heterocycles. The average Bonchev–Trinajstić information content (AvgIpc) is 3.24. The molecular weight excluding hydrogens is 404 g/mol. The minimum Gasteiger partial charge on any atom is -0.394 e. The third kappa shape index (κ3) is 8.29. The van der Waals surface area contributed by atoms with Crippen LogP contribution in [0.1, 0.15) is 33.6 Å². The van der Waals surface area contributed by atoms with Gasteiger partial charge >= 0.3 is 0 Å². The fraction of sp³-hybridized carbons (Fsp3) is 0.714. The van der Waals surface area contributed by atoms with E-state index >= 15 is 0 Å². The Hall–Kier alpha value is -2.46. The number of ether oxygens (including phenoxy) is 1. The van der Waals surface area contributed by atoms with Gasteiger partial charge in [0.05, 0.1) is 32.4 Å². The zero-order chi connectivity index (χ0) is 23.4. The maximum atomic E-state index is 13.1. The lowest BCUT2D eigenvalue weighted by atomic mass is 9.99. The van der Waals surface area contributed by atoms with Crippen molar-refractivity contribution in [1.29, 1.82) is 0 Å². The molecule has 1 fully saturated rings. The maximum Gasteiger partial charge on any atom is 0.249 e. The van der Waals surface area contributed by atoms with E-state index < -0.39 is 6.04 Å². The summed E-state index contributed by atoms with van der Waals surface area (Å²) in [6.07, 6.45) is 3.55. The minimum atomic E-state index is -0.539. The Balaban J connectivity index is 2.80. The van der Waals surface area contributed by atoms with Gasteiger partial charge in [0.25, 0.3) is 0 Å². The van der Waals surface area contributed by atoms with Gasteiger partial charge in [0.1, 0.15) is 6.04 Å². The van der Waals surface area contributed by atoms with Crippen molar-refractivity contribution in [1.82, 2.24) is 20.4 Å². The van der Waals surface area contributed by atoms with Crippen LogP contribution in [0.4, 0.5) is 0 Å². The second kappa shape index (κ2) is 13.8. The van der Waals surface area contributed by atoms with Gasteiger partial charge in [-0.3, -0.25) is 19.2 Å². The monoisotopic (exact) mass is 440 g/mol. The van der Waals surface area contributed by atoms with Crippen LogP contribution in [-0.2, 0) is 23.9 Å². The third-order valence-electron chi connectivity index (χ3n) is 5.22. The number of likely N-dealkylation sites (tertiary alicyclic amines) is 1. The van der Waals surface area contributed by atoms with Gasteiger partial charge in [-0.25, -0.2) is 0 Å². The number of hydrogen-bond acceptors (Lipinski definition) is 6. The molecular formula is C21H36N4O6. The number of carbonyl (C=O) groups excluding carboxylic acids is 4. The largest absolute Gasteiger partial charge is 0.394 e. The number of nitrogens with one attached hydrogen (secondary N) is 2. The molecule has 0 bridgehead atoms. The normalized spacial score (nSPS) is 17.4. The Bertz CT molecular complexity index is 652. The van der Waals surface area contributed by atoms with Gasteiger partial charge in [0.15, 0.2) is 0 Å². The van der Waals surface area contributed by atoms with E-state index in [1.165, 1.54) is 4.90 Å². The van der Waals surface area contributed by atoms with Crippen molar-refractivity contribution in [3.63, 3.8) is 0 Å². The first-order valence-corrected chi connectivity index (χ1v) is 10.6. The number of carbonyl (C=O) groups is 4. The second-order valence-electron chi connectivity index (χ2n) is 7.87. The summed E-state index contributed by atoms with van der Waals surface area (Å²) in [6.45, 7) is 6.71. The predicted molar refractivity (Wildman–Crippen MR) is 115 cm³/mol. The smallest absolute Gasteiger partial charge is 0.249 e. The quantitative estimate of drug-likeness (QED) is 0.197. The number of aliphatic hydroxyl groups excluding tert-OH is 1. The summed E-state index contributed by atoms with van der Waals surface area (Å²) in [4.78, 5) is 51.4. The summed E-state index contributed by atoms with van der Waals surface area (Å²) in [5, 5.41) is 13.8. The number of aliphatic hydroxyl groups is 1. The van der Waals surface area contributed by atoms with Gasteiger partial charge in [-0.1, -0.05) is 19.9 Å². The summed E-state index contributed by atoms with van der Waals surface area (Å²) in [5.74, 6) is -0.667. The van der Waals surface area contributed by atoms with Crippen molar-refractivity contribution in [2.24, 2.45) is 5.92 Å². The number of nitrogens with zero attached hydrogens (tertiary/aromatic N) is 2. The molecule has 10 nitrogen and oxygen atoms in total. The van der Waals surface area contributed by atoms with E-state index in [4.69, 9.17) is 9.84 Å². The van der Waals surface area contributed by atoms with Crippen LogP contribution in [0, 0.1) is 5.92 Å². The number of likely N-dealkylation sites (N-methyl/N-ethyl adjacent to an activating group) is 1. The van der Waals surface area contributed by atoms with Crippen LogP contribution < -0.4 is 10.6 Å². The van der Waals surface area contributed by atoms with Gasteiger partial charge in [-0.05, 0) is 25.7 Å². The highest BCUT2D eigenvalue weighted by molar-refractivity contribution is 5.97. The van der Waals surface area contributed by atoms with Gasteiger partial charge in [-0.2, -0.15) is 0 Å². The molecule has 1 saturated heterocycles.